The maximum absolute atomic E-state index is 6.16. The summed E-state index contributed by atoms with van der Waals surface area (Å²) in [7, 11) is 0. The Balaban J connectivity index is 1.94. The van der Waals surface area contributed by atoms with E-state index in [1.807, 2.05) is 12.1 Å². The molecular weight excluding hydrogens is 253 g/mol. The number of hydrogen-bond donors (Lipinski definition) is 1. The highest BCUT2D eigenvalue weighted by Crippen LogP contribution is 2.31. The van der Waals surface area contributed by atoms with Crippen LogP contribution in [0.15, 0.2) is 18.2 Å². The van der Waals surface area contributed by atoms with Gasteiger partial charge in [-0.15, -0.1) is 0 Å². The predicted molar refractivity (Wildman–Crippen MR) is 74.7 cm³/mol. The van der Waals surface area contributed by atoms with Gasteiger partial charge in [0, 0.05) is 22.6 Å². The first-order chi connectivity index (χ1) is 8.08. The maximum Gasteiger partial charge on any atom is 0.0465 e. The third-order valence-corrected chi connectivity index (χ3v) is 4.62. The minimum absolute atomic E-state index is 0.622. The van der Waals surface area contributed by atoms with Crippen molar-refractivity contribution in [2.75, 3.05) is 0 Å². The van der Waals surface area contributed by atoms with Gasteiger partial charge in [0.05, 0.1) is 0 Å². The summed E-state index contributed by atoms with van der Waals surface area (Å²) in [6.45, 7) is 5.50. The van der Waals surface area contributed by atoms with Gasteiger partial charge in [-0.25, -0.2) is 0 Å². The SMILES string of the molecule is CC1CCC(NCc2ccc(Cl)cc2Cl)C1C. The summed E-state index contributed by atoms with van der Waals surface area (Å²) in [4.78, 5) is 0. The molecule has 17 heavy (non-hydrogen) atoms. The molecule has 0 amide bonds. The van der Waals surface area contributed by atoms with Crippen LogP contribution in [0.3, 0.4) is 0 Å². The van der Waals surface area contributed by atoms with Crippen molar-refractivity contribution in [1.82, 2.24) is 5.32 Å². The summed E-state index contributed by atoms with van der Waals surface area (Å²) in [6.07, 6.45) is 2.60. The lowest BCUT2D eigenvalue weighted by molar-refractivity contribution is 0.370. The molecule has 3 atom stereocenters. The topological polar surface area (TPSA) is 12.0 Å². The standard InChI is InChI=1S/C14H19Cl2N/c1-9-3-6-14(10(9)2)17-8-11-4-5-12(15)7-13(11)16/h4-5,7,9-10,14,17H,3,6,8H2,1-2H3. The first kappa shape index (κ1) is 13.2. The largest absolute Gasteiger partial charge is 0.310 e. The number of hydrogen-bond acceptors (Lipinski definition) is 1. The lowest BCUT2D eigenvalue weighted by atomic mass is 9.98. The van der Waals surface area contributed by atoms with Gasteiger partial charge in [-0.05, 0) is 42.4 Å². The molecule has 1 aliphatic carbocycles. The molecule has 3 heteroatoms. The smallest absolute Gasteiger partial charge is 0.0465 e. The Kier molecular flexibility index (Phi) is 4.35. The van der Waals surface area contributed by atoms with Crippen LogP contribution in [0.25, 0.3) is 0 Å². The summed E-state index contributed by atoms with van der Waals surface area (Å²) in [5.41, 5.74) is 1.13. The van der Waals surface area contributed by atoms with Crippen LogP contribution < -0.4 is 5.32 Å². The highest BCUT2D eigenvalue weighted by molar-refractivity contribution is 6.35. The molecule has 1 aromatic rings. The molecule has 0 heterocycles. The van der Waals surface area contributed by atoms with Crippen molar-refractivity contribution in [3.8, 4) is 0 Å². The van der Waals surface area contributed by atoms with Crippen molar-refractivity contribution < 1.29 is 0 Å². The van der Waals surface area contributed by atoms with Crippen molar-refractivity contribution in [2.45, 2.75) is 39.3 Å². The highest BCUT2D eigenvalue weighted by atomic mass is 35.5. The van der Waals surface area contributed by atoms with Crippen molar-refractivity contribution in [1.29, 1.82) is 0 Å². The van der Waals surface area contributed by atoms with E-state index in [9.17, 15) is 0 Å². The predicted octanol–water partition coefficient (Wildman–Crippen LogP) is 4.52. The van der Waals surface area contributed by atoms with Crippen LogP contribution in [0, 0.1) is 11.8 Å². The van der Waals surface area contributed by atoms with Gasteiger partial charge in [0.1, 0.15) is 0 Å². The van der Waals surface area contributed by atoms with Gasteiger partial charge in [-0.1, -0.05) is 43.1 Å². The molecular formula is C14H19Cl2N. The van der Waals surface area contributed by atoms with Crippen LogP contribution in [-0.2, 0) is 6.54 Å². The van der Waals surface area contributed by atoms with Crippen molar-refractivity contribution in [3.05, 3.63) is 33.8 Å². The minimum Gasteiger partial charge on any atom is -0.310 e. The van der Waals surface area contributed by atoms with Gasteiger partial charge < -0.3 is 5.32 Å². The first-order valence-electron chi connectivity index (χ1n) is 6.25. The van der Waals surface area contributed by atoms with Crippen LogP contribution in [0.4, 0.5) is 0 Å². The van der Waals surface area contributed by atoms with Crippen LogP contribution in [0.5, 0.6) is 0 Å². The van der Waals surface area contributed by atoms with E-state index >= 15 is 0 Å². The fourth-order valence-electron chi connectivity index (χ4n) is 2.56. The van der Waals surface area contributed by atoms with E-state index in [0.29, 0.717) is 11.1 Å². The fraction of sp³-hybridized carbons (Fsp3) is 0.571. The van der Waals surface area contributed by atoms with Crippen molar-refractivity contribution in [2.24, 2.45) is 11.8 Å². The van der Waals surface area contributed by atoms with E-state index in [-0.39, 0.29) is 0 Å². The van der Waals surface area contributed by atoms with Gasteiger partial charge in [0.25, 0.3) is 0 Å². The zero-order valence-electron chi connectivity index (χ0n) is 10.3. The molecule has 1 fully saturated rings. The van der Waals surface area contributed by atoms with Crippen LogP contribution in [0.1, 0.15) is 32.3 Å². The number of benzene rings is 1. The van der Waals surface area contributed by atoms with E-state index in [2.05, 4.69) is 19.2 Å². The molecule has 1 saturated carbocycles. The van der Waals surface area contributed by atoms with Gasteiger partial charge in [0.2, 0.25) is 0 Å². The average molecular weight is 272 g/mol. The molecule has 0 aliphatic heterocycles. The van der Waals surface area contributed by atoms with E-state index in [0.717, 1.165) is 29.0 Å². The van der Waals surface area contributed by atoms with E-state index < -0.39 is 0 Å². The van der Waals surface area contributed by atoms with Crippen LogP contribution in [-0.4, -0.2) is 6.04 Å². The van der Waals surface area contributed by atoms with Crippen molar-refractivity contribution in [3.63, 3.8) is 0 Å². The zero-order chi connectivity index (χ0) is 12.4. The third kappa shape index (κ3) is 3.15. The van der Waals surface area contributed by atoms with Gasteiger partial charge >= 0.3 is 0 Å². The van der Waals surface area contributed by atoms with E-state index in [4.69, 9.17) is 23.2 Å². The molecule has 1 nitrogen and oxygen atoms in total. The zero-order valence-corrected chi connectivity index (χ0v) is 11.9. The number of rotatable bonds is 3. The van der Waals surface area contributed by atoms with Crippen LogP contribution in [0.2, 0.25) is 10.0 Å². The second-order valence-electron chi connectivity index (χ2n) is 5.14. The molecule has 3 unspecified atom stereocenters. The minimum atomic E-state index is 0.622. The van der Waals surface area contributed by atoms with E-state index in [1.54, 1.807) is 6.07 Å². The van der Waals surface area contributed by atoms with Crippen molar-refractivity contribution >= 4 is 23.2 Å². The molecule has 1 N–H and O–H groups in total. The fourth-order valence-corrected chi connectivity index (χ4v) is 3.03. The Morgan fingerprint density at radius 2 is 2.00 bits per heavy atom. The van der Waals surface area contributed by atoms with Crippen LogP contribution >= 0.6 is 23.2 Å². The lowest BCUT2D eigenvalue weighted by Gasteiger charge is -2.20. The molecule has 0 aromatic heterocycles. The summed E-state index contributed by atoms with van der Waals surface area (Å²) in [5.74, 6) is 1.58. The summed E-state index contributed by atoms with van der Waals surface area (Å²) >= 11 is 12.0. The molecule has 0 radical (unpaired) electrons. The second kappa shape index (κ2) is 5.60. The maximum atomic E-state index is 6.16. The summed E-state index contributed by atoms with van der Waals surface area (Å²) in [5, 5.41) is 5.06. The van der Waals surface area contributed by atoms with Gasteiger partial charge in [0.15, 0.2) is 0 Å². The van der Waals surface area contributed by atoms with Gasteiger partial charge in [-0.3, -0.25) is 0 Å². The summed E-state index contributed by atoms with van der Waals surface area (Å²) in [6, 6.07) is 6.32. The Morgan fingerprint density at radius 3 is 2.59 bits per heavy atom. The number of halogens is 2. The van der Waals surface area contributed by atoms with Gasteiger partial charge in [-0.2, -0.15) is 0 Å². The number of nitrogens with one attached hydrogen (secondary N) is 1. The average Bonchev–Trinajstić information content (AvgIpc) is 2.59. The quantitative estimate of drug-likeness (QED) is 0.853. The molecule has 0 spiro atoms. The molecule has 0 bridgehead atoms. The molecule has 2 rings (SSSR count). The monoisotopic (exact) mass is 271 g/mol. The Morgan fingerprint density at radius 1 is 1.24 bits per heavy atom. The first-order valence-corrected chi connectivity index (χ1v) is 7.01. The lowest BCUT2D eigenvalue weighted by Crippen LogP contribution is -2.31. The Bertz CT molecular complexity index is 392. The Hall–Kier alpha value is -0.240. The Labute approximate surface area is 114 Å². The normalized spacial score (nSPS) is 28.6. The second-order valence-corrected chi connectivity index (χ2v) is 5.98. The molecule has 1 aliphatic rings. The molecule has 94 valence electrons. The highest BCUT2D eigenvalue weighted by Gasteiger charge is 2.29. The molecule has 0 saturated heterocycles. The summed E-state index contributed by atoms with van der Waals surface area (Å²) < 4.78 is 0. The third-order valence-electron chi connectivity index (χ3n) is 4.04. The van der Waals surface area contributed by atoms with E-state index in [1.165, 1.54) is 12.8 Å². The molecule has 1 aromatic carbocycles.